The minimum absolute atomic E-state index is 0.154. The predicted octanol–water partition coefficient (Wildman–Crippen LogP) is 1.50. The molecular formula is C14H13N3O4S2. The molecule has 2 fully saturated rings. The van der Waals surface area contributed by atoms with Crippen LogP contribution in [-0.4, -0.2) is 51.4 Å². The molecule has 0 unspecified atom stereocenters. The fourth-order valence-electron chi connectivity index (χ4n) is 2.36. The van der Waals surface area contributed by atoms with E-state index in [1.807, 2.05) is 30.3 Å². The fraction of sp³-hybridized carbons (Fsp3) is 0.286. The topological polar surface area (TPSA) is 86.8 Å². The first-order chi connectivity index (χ1) is 11.1. The second kappa shape index (κ2) is 6.63. The van der Waals surface area contributed by atoms with E-state index in [0.717, 1.165) is 29.2 Å². The van der Waals surface area contributed by atoms with Crippen molar-refractivity contribution in [2.24, 2.45) is 0 Å². The molecule has 3 rings (SSSR count). The normalized spacial score (nSPS) is 21.0. The maximum Gasteiger partial charge on any atom is 0.288 e. The van der Waals surface area contributed by atoms with E-state index in [0.29, 0.717) is 0 Å². The minimum atomic E-state index is -0.703. The number of hydrogen-bond acceptors (Lipinski definition) is 7. The van der Waals surface area contributed by atoms with E-state index in [1.54, 1.807) is 4.90 Å². The van der Waals surface area contributed by atoms with Crippen molar-refractivity contribution in [1.29, 1.82) is 0 Å². The number of para-hydroxylation sites is 1. The zero-order chi connectivity index (χ0) is 16.4. The Morgan fingerprint density at radius 3 is 2.48 bits per heavy atom. The first-order valence-electron chi connectivity index (χ1n) is 6.86. The Morgan fingerprint density at radius 1 is 1.17 bits per heavy atom. The average Bonchev–Trinajstić information content (AvgIpc) is 3.04. The van der Waals surface area contributed by atoms with E-state index >= 15 is 0 Å². The Bertz CT molecular complexity index is 651. The third-order valence-corrected chi connectivity index (χ3v) is 5.31. The smallest absolute Gasteiger partial charge is 0.288 e. The van der Waals surface area contributed by atoms with Gasteiger partial charge in [-0.2, -0.15) is 0 Å². The van der Waals surface area contributed by atoms with Crippen molar-refractivity contribution in [3.05, 3.63) is 30.3 Å². The van der Waals surface area contributed by atoms with Crippen LogP contribution in [0.1, 0.15) is 0 Å². The van der Waals surface area contributed by atoms with E-state index < -0.39 is 16.5 Å². The highest BCUT2D eigenvalue weighted by Crippen LogP contribution is 2.28. The Balaban J connectivity index is 1.78. The molecule has 2 aliphatic heterocycles. The number of nitrogens with one attached hydrogen (secondary N) is 1. The van der Waals surface area contributed by atoms with E-state index in [1.165, 1.54) is 4.90 Å². The maximum absolute atomic E-state index is 12.0. The van der Waals surface area contributed by atoms with Crippen LogP contribution in [0.5, 0.6) is 0 Å². The number of benzene rings is 1. The molecule has 2 aliphatic rings. The first kappa shape index (κ1) is 15.9. The summed E-state index contributed by atoms with van der Waals surface area (Å²) in [5.74, 6) is -0.466. The van der Waals surface area contributed by atoms with Crippen LogP contribution in [0.4, 0.5) is 15.3 Å². The van der Waals surface area contributed by atoms with E-state index in [2.05, 4.69) is 5.32 Å². The van der Waals surface area contributed by atoms with Gasteiger partial charge in [0.05, 0.1) is 5.75 Å². The molecular weight excluding hydrogens is 338 g/mol. The molecule has 0 saturated carbocycles. The summed E-state index contributed by atoms with van der Waals surface area (Å²) >= 11 is 1.87. The van der Waals surface area contributed by atoms with Gasteiger partial charge in [0.2, 0.25) is 5.91 Å². The summed E-state index contributed by atoms with van der Waals surface area (Å²) in [5.41, 5.74) is 0.751. The Labute approximate surface area is 140 Å². The van der Waals surface area contributed by atoms with Crippen LogP contribution in [0.2, 0.25) is 0 Å². The predicted molar refractivity (Wildman–Crippen MR) is 88.3 cm³/mol. The fourth-order valence-corrected chi connectivity index (χ4v) is 3.99. The zero-order valence-corrected chi connectivity index (χ0v) is 13.6. The lowest BCUT2D eigenvalue weighted by Crippen LogP contribution is -2.44. The van der Waals surface area contributed by atoms with Crippen LogP contribution in [0, 0.1) is 0 Å². The number of hydrogen-bond donors (Lipinski definition) is 1. The van der Waals surface area contributed by atoms with Gasteiger partial charge in [-0.25, -0.2) is 0 Å². The van der Waals surface area contributed by atoms with E-state index in [9.17, 15) is 19.2 Å². The number of rotatable bonds is 5. The third kappa shape index (κ3) is 3.35. The number of amides is 4. The largest absolute Gasteiger partial charge is 0.349 e. The van der Waals surface area contributed by atoms with E-state index in [-0.39, 0.29) is 30.0 Å². The summed E-state index contributed by atoms with van der Waals surface area (Å²) in [4.78, 5) is 49.7. The average molecular weight is 351 g/mol. The molecule has 9 heteroatoms. The molecule has 2 heterocycles. The van der Waals surface area contributed by atoms with Gasteiger partial charge in [-0.1, -0.05) is 30.0 Å². The molecule has 1 atom stereocenters. The summed E-state index contributed by atoms with van der Waals surface area (Å²) in [7, 11) is 0. The first-order valence-corrected chi connectivity index (χ1v) is 8.73. The molecule has 120 valence electrons. The minimum Gasteiger partial charge on any atom is -0.349 e. The van der Waals surface area contributed by atoms with Crippen LogP contribution < -0.4 is 10.2 Å². The summed E-state index contributed by atoms with van der Waals surface area (Å²) < 4.78 is 0. The van der Waals surface area contributed by atoms with Crippen molar-refractivity contribution < 1.29 is 19.2 Å². The molecule has 0 radical (unpaired) electrons. The van der Waals surface area contributed by atoms with Gasteiger partial charge in [0.1, 0.15) is 0 Å². The Kier molecular flexibility index (Phi) is 4.58. The maximum atomic E-state index is 12.0. The quantitative estimate of drug-likeness (QED) is 0.860. The molecule has 0 aliphatic carbocycles. The van der Waals surface area contributed by atoms with Crippen molar-refractivity contribution in [2.75, 3.05) is 23.7 Å². The zero-order valence-electron chi connectivity index (χ0n) is 11.9. The number of anilines is 1. The lowest BCUT2D eigenvalue weighted by molar-refractivity contribution is -0.124. The van der Waals surface area contributed by atoms with Gasteiger partial charge in [-0.3, -0.25) is 29.4 Å². The molecule has 4 amide bonds. The van der Waals surface area contributed by atoms with Crippen molar-refractivity contribution in [3.8, 4) is 0 Å². The second-order valence-electron chi connectivity index (χ2n) is 4.88. The van der Waals surface area contributed by atoms with Crippen molar-refractivity contribution in [2.45, 2.75) is 5.37 Å². The van der Waals surface area contributed by atoms with Crippen LogP contribution in [0.15, 0.2) is 30.3 Å². The van der Waals surface area contributed by atoms with Gasteiger partial charge in [0.15, 0.2) is 5.37 Å². The standard InChI is InChI=1S/C14H13N3O4S2/c18-10-8-22-14(21)17(10)7-6-16(9-4-2-1-3-5-9)12-11(19)15-13(20)23-12/h1-5,12H,6-8H2,(H,15,19,20)/t12-/m0/s1. The molecule has 0 spiro atoms. The number of thioether (sulfide) groups is 2. The summed E-state index contributed by atoms with van der Waals surface area (Å²) in [6.45, 7) is 0.457. The number of carbonyl (C=O) groups excluding carboxylic acids is 4. The highest BCUT2D eigenvalue weighted by atomic mass is 32.2. The monoisotopic (exact) mass is 351 g/mol. The lowest BCUT2D eigenvalue weighted by atomic mass is 10.2. The van der Waals surface area contributed by atoms with Gasteiger partial charge in [0.25, 0.3) is 16.4 Å². The SMILES string of the molecule is O=C1NC(=O)[C@@H](N(CCN2C(=O)CSC2=O)c2ccccc2)S1. The third-order valence-electron chi connectivity index (χ3n) is 3.44. The van der Waals surface area contributed by atoms with Crippen LogP contribution >= 0.6 is 23.5 Å². The summed E-state index contributed by atoms with van der Waals surface area (Å²) in [6.07, 6.45) is 0. The molecule has 0 aromatic heterocycles. The van der Waals surface area contributed by atoms with Crippen LogP contribution in [-0.2, 0) is 9.59 Å². The molecule has 1 aromatic carbocycles. The summed E-state index contributed by atoms with van der Waals surface area (Å²) in [6, 6.07) is 9.13. The lowest BCUT2D eigenvalue weighted by Gasteiger charge is -2.29. The number of carbonyl (C=O) groups is 4. The van der Waals surface area contributed by atoms with E-state index in [4.69, 9.17) is 0 Å². The van der Waals surface area contributed by atoms with Crippen LogP contribution in [0.25, 0.3) is 0 Å². The molecule has 0 bridgehead atoms. The van der Waals surface area contributed by atoms with Gasteiger partial charge in [-0.15, -0.1) is 0 Å². The summed E-state index contributed by atoms with van der Waals surface area (Å²) in [5, 5.41) is 0.877. The van der Waals surface area contributed by atoms with Crippen molar-refractivity contribution in [1.82, 2.24) is 10.2 Å². The number of imide groups is 2. The van der Waals surface area contributed by atoms with Gasteiger partial charge in [0, 0.05) is 18.8 Å². The Morgan fingerprint density at radius 2 is 1.91 bits per heavy atom. The Hall–Kier alpha value is -2.00. The molecule has 23 heavy (non-hydrogen) atoms. The van der Waals surface area contributed by atoms with Crippen molar-refractivity contribution in [3.63, 3.8) is 0 Å². The molecule has 1 N–H and O–H groups in total. The van der Waals surface area contributed by atoms with Gasteiger partial charge in [-0.05, 0) is 23.9 Å². The molecule has 1 aromatic rings. The highest BCUT2D eigenvalue weighted by molar-refractivity contribution is 8.15. The van der Waals surface area contributed by atoms with Gasteiger partial charge >= 0.3 is 0 Å². The van der Waals surface area contributed by atoms with Gasteiger partial charge < -0.3 is 4.90 Å². The second-order valence-corrected chi connectivity index (χ2v) is 6.86. The molecule has 7 nitrogen and oxygen atoms in total. The molecule has 2 saturated heterocycles. The van der Waals surface area contributed by atoms with Crippen molar-refractivity contribution >= 4 is 51.5 Å². The number of nitrogens with zero attached hydrogens (tertiary/aromatic N) is 2. The highest BCUT2D eigenvalue weighted by Gasteiger charge is 2.38. The van der Waals surface area contributed by atoms with Crippen LogP contribution in [0.3, 0.4) is 0 Å².